The molecule has 0 fully saturated rings. The van der Waals surface area contributed by atoms with E-state index in [2.05, 4.69) is 4.84 Å². The summed E-state index contributed by atoms with van der Waals surface area (Å²) in [6.45, 7) is 1.97. The highest BCUT2D eigenvalue weighted by atomic mass is 16.7. The van der Waals surface area contributed by atoms with Crippen LogP contribution in [-0.2, 0) is 14.4 Å². The lowest BCUT2D eigenvalue weighted by Gasteiger charge is -2.22. The van der Waals surface area contributed by atoms with Crippen molar-refractivity contribution in [2.24, 2.45) is 11.8 Å². The molecule has 0 saturated heterocycles. The highest BCUT2D eigenvalue weighted by Gasteiger charge is 2.29. The first-order chi connectivity index (χ1) is 8.24. The maximum atomic E-state index is 11.6. The predicted molar refractivity (Wildman–Crippen MR) is 63.9 cm³/mol. The number of nitrogens with two attached hydrogens (primary N) is 1. The summed E-state index contributed by atoms with van der Waals surface area (Å²) in [5.74, 6) is 3.82. The van der Waals surface area contributed by atoms with E-state index in [-0.39, 0.29) is 12.3 Å². The van der Waals surface area contributed by atoms with Gasteiger partial charge in [-0.2, -0.15) is 5.90 Å². The second-order valence-electron chi connectivity index (χ2n) is 3.87. The van der Waals surface area contributed by atoms with Gasteiger partial charge in [-0.25, -0.2) is 0 Å². The molecule has 17 heavy (non-hydrogen) atoms. The molecule has 0 spiro atoms. The summed E-state index contributed by atoms with van der Waals surface area (Å²) in [4.78, 5) is 26.5. The molecule has 0 heterocycles. The average Bonchev–Trinajstić information content (AvgIpc) is 2.39. The molecule has 92 valence electrons. The molecule has 4 heteroatoms. The van der Waals surface area contributed by atoms with Gasteiger partial charge in [0.25, 0.3) is 0 Å². The first-order valence-corrected chi connectivity index (χ1v) is 5.63. The van der Waals surface area contributed by atoms with E-state index in [1.807, 2.05) is 37.3 Å². The molecule has 0 bridgehead atoms. The number of carbonyl (C=O) groups excluding carboxylic acids is 2. The Morgan fingerprint density at radius 2 is 2.06 bits per heavy atom. The number of rotatable bonds is 6. The SMILES string of the molecule is CCC(c1ccccc1)C(CC=O)C(=O)ON. The molecule has 1 aromatic carbocycles. The van der Waals surface area contributed by atoms with Gasteiger partial charge in [0.15, 0.2) is 0 Å². The molecule has 4 nitrogen and oxygen atoms in total. The van der Waals surface area contributed by atoms with Crippen molar-refractivity contribution >= 4 is 12.3 Å². The van der Waals surface area contributed by atoms with E-state index in [0.717, 1.165) is 18.3 Å². The van der Waals surface area contributed by atoms with Gasteiger partial charge >= 0.3 is 5.97 Å². The van der Waals surface area contributed by atoms with Crippen molar-refractivity contribution in [2.75, 3.05) is 0 Å². The fourth-order valence-electron chi connectivity index (χ4n) is 2.07. The van der Waals surface area contributed by atoms with Gasteiger partial charge in [0, 0.05) is 6.42 Å². The number of aldehydes is 1. The molecule has 0 aliphatic rings. The smallest absolute Gasteiger partial charge is 0.328 e. The molecule has 2 atom stereocenters. The van der Waals surface area contributed by atoms with E-state index >= 15 is 0 Å². The zero-order chi connectivity index (χ0) is 12.7. The van der Waals surface area contributed by atoms with Crippen molar-refractivity contribution in [3.05, 3.63) is 35.9 Å². The Labute approximate surface area is 101 Å². The standard InChI is InChI=1S/C13H17NO3/c1-2-11(10-6-4-3-5-7-10)12(8-9-15)13(16)17-14/h3-7,9,11-12H,2,8,14H2,1H3. The Morgan fingerprint density at radius 1 is 1.41 bits per heavy atom. The summed E-state index contributed by atoms with van der Waals surface area (Å²) in [6, 6.07) is 9.60. The van der Waals surface area contributed by atoms with Crippen molar-refractivity contribution in [2.45, 2.75) is 25.7 Å². The second kappa shape index (κ2) is 6.81. The summed E-state index contributed by atoms with van der Waals surface area (Å²) in [6.07, 6.45) is 1.61. The summed E-state index contributed by atoms with van der Waals surface area (Å²) in [5, 5.41) is 0. The molecular weight excluding hydrogens is 218 g/mol. The molecule has 0 aliphatic carbocycles. The lowest BCUT2D eigenvalue weighted by molar-refractivity contribution is -0.151. The van der Waals surface area contributed by atoms with Gasteiger partial charge in [-0.15, -0.1) is 0 Å². The van der Waals surface area contributed by atoms with E-state index in [0.29, 0.717) is 0 Å². The minimum atomic E-state index is -0.534. The van der Waals surface area contributed by atoms with Crippen LogP contribution in [0.3, 0.4) is 0 Å². The Bertz CT molecular complexity index is 364. The van der Waals surface area contributed by atoms with Crippen molar-refractivity contribution in [3.63, 3.8) is 0 Å². The highest BCUT2D eigenvalue weighted by molar-refractivity contribution is 5.76. The van der Waals surface area contributed by atoms with E-state index in [1.54, 1.807) is 0 Å². The van der Waals surface area contributed by atoms with Gasteiger partial charge in [0.05, 0.1) is 5.92 Å². The molecule has 1 aromatic rings. The van der Waals surface area contributed by atoms with E-state index in [4.69, 9.17) is 5.90 Å². The largest absolute Gasteiger partial charge is 0.373 e. The molecule has 0 saturated carbocycles. The van der Waals surface area contributed by atoms with E-state index in [1.165, 1.54) is 0 Å². The predicted octanol–water partition coefficient (Wildman–Crippen LogP) is 1.80. The summed E-state index contributed by atoms with van der Waals surface area (Å²) >= 11 is 0. The first-order valence-electron chi connectivity index (χ1n) is 5.63. The molecule has 0 radical (unpaired) electrons. The van der Waals surface area contributed by atoms with E-state index < -0.39 is 11.9 Å². The normalized spacial score (nSPS) is 13.8. The monoisotopic (exact) mass is 235 g/mol. The third-order valence-electron chi connectivity index (χ3n) is 2.92. The van der Waals surface area contributed by atoms with Crippen LogP contribution in [0.2, 0.25) is 0 Å². The third kappa shape index (κ3) is 3.39. The second-order valence-corrected chi connectivity index (χ2v) is 3.87. The average molecular weight is 235 g/mol. The Morgan fingerprint density at radius 3 is 2.53 bits per heavy atom. The van der Waals surface area contributed by atoms with Crippen LogP contribution in [-0.4, -0.2) is 12.3 Å². The zero-order valence-electron chi connectivity index (χ0n) is 9.84. The highest BCUT2D eigenvalue weighted by Crippen LogP contribution is 2.30. The van der Waals surface area contributed by atoms with Crippen LogP contribution in [0.4, 0.5) is 0 Å². The van der Waals surface area contributed by atoms with Crippen LogP contribution in [0, 0.1) is 5.92 Å². The van der Waals surface area contributed by atoms with Crippen molar-refractivity contribution < 1.29 is 14.4 Å². The number of hydrogen-bond donors (Lipinski definition) is 1. The maximum absolute atomic E-state index is 11.6. The van der Waals surface area contributed by atoms with Gasteiger partial charge < -0.3 is 9.63 Å². The van der Waals surface area contributed by atoms with E-state index in [9.17, 15) is 9.59 Å². The van der Waals surface area contributed by atoms with Crippen LogP contribution in [0.1, 0.15) is 31.2 Å². The molecule has 2 unspecified atom stereocenters. The number of hydrogen-bond acceptors (Lipinski definition) is 4. The lowest BCUT2D eigenvalue weighted by Crippen LogP contribution is -2.27. The number of carbonyl (C=O) groups is 2. The minimum Gasteiger partial charge on any atom is -0.373 e. The van der Waals surface area contributed by atoms with Crippen LogP contribution in [0.5, 0.6) is 0 Å². The Balaban J connectivity index is 2.96. The van der Waals surface area contributed by atoms with Crippen molar-refractivity contribution in [1.82, 2.24) is 0 Å². The summed E-state index contributed by atoms with van der Waals surface area (Å²) in [7, 11) is 0. The summed E-state index contributed by atoms with van der Waals surface area (Å²) in [5.41, 5.74) is 1.02. The molecule has 2 N–H and O–H groups in total. The van der Waals surface area contributed by atoms with Gasteiger partial charge in [-0.3, -0.25) is 4.79 Å². The zero-order valence-corrected chi connectivity index (χ0v) is 9.84. The molecule has 0 amide bonds. The number of benzene rings is 1. The Hall–Kier alpha value is -1.68. The Kier molecular flexibility index (Phi) is 5.36. The molecule has 0 aliphatic heterocycles. The van der Waals surface area contributed by atoms with Crippen molar-refractivity contribution in [1.29, 1.82) is 0 Å². The first kappa shape index (κ1) is 13.4. The van der Waals surface area contributed by atoms with Crippen LogP contribution in [0.25, 0.3) is 0 Å². The topological polar surface area (TPSA) is 69.4 Å². The minimum absolute atomic E-state index is 0.0440. The van der Waals surface area contributed by atoms with Crippen molar-refractivity contribution in [3.8, 4) is 0 Å². The third-order valence-corrected chi connectivity index (χ3v) is 2.92. The van der Waals surface area contributed by atoms with Gasteiger partial charge in [0.1, 0.15) is 6.29 Å². The van der Waals surface area contributed by atoms with Gasteiger partial charge in [0.2, 0.25) is 0 Å². The van der Waals surface area contributed by atoms with Crippen LogP contribution < -0.4 is 5.90 Å². The fraction of sp³-hybridized carbons (Fsp3) is 0.385. The fourth-order valence-corrected chi connectivity index (χ4v) is 2.07. The van der Waals surface area contributed by atoms with Crippen LogP contribution >= 0.6 is 0 Å². The molecule has 0 aromatic heterocycles. The summed E-state index contributed by atoms with van der Waals surface area (Å²) < 4.78 is 0. The maximum Gasteiger partial charge on any atom is 0.328 e. The lowest BCUT2D eigenvalue weighted by atomic mass is 9.82. The van der Waals surface area contributed by atoms with Gasteiger partial charge in [-0.1, -0.05) is 37.3 Å². The molecule has 1 rings (SSSR count). The molecular formula is C13H17NO3. The van der Waals surface area contributed by atoms with Crippen LogP contribution in [0.15, 0.2) is 30.3 Å². The van der Waals surface area contributed by atoms with Gasteiger partial charge in [-0.05, 0) is 17.9 Å². The quantitative estimate of drug-likeness (QED) is 0.603.